The van der Waals surface area contributed by atoms with Crippen molar-refractivity contribution in [1.29, 1.82) is 5.26 Å². The van der Waals surface area contributed by atoms with Crippen LogP contribution in [0.4, 0.5) is 11.4 Å². The lowest BCUT2D eigenvalue weighted by molar-refractivity contribution is 0.0233. The molecule has 198 valence electrons. The van der Waals surface area contributed by atoms with Crippen molar-refractivity contribution in [2.45, 2.75) is 44.8 Å². The predicted molar refractivity (Wildman–Crippen MR) is 149 cm³/mol. The predicted octanol–water partition coefficient (Wildman–Crippen LogP) is 5.04. The third-order valence-corrected chi connectivity index (χ3v) is 8.08. The molecule has 5 rings (SSSR count). The molecule has 0 atom stereocenters. The summed E-state index contributed by atoms with van der Waals surface area (Å²) in [6, 6.07) is 15.8. The van der Waals surface area contributed by atoms with Crippen LogP contribution >= 0.6 is 11.6 Å². The van der Waals surface area contributed by atoms with Crippen LogP contribution in [-0.4, -0.2) is 66.0 Å². The second-order valence-corrected chi connectivity index (χ2v) is 10.5. The molecule has 3 heterocycles. The number of carbonyl (C=O) groups is 1. The molecule has 2 saturated heterocycles. The molecule has 0 bridgehead atoms. The van der Waals surface area contributed by atoms with Crippen LogP contribution in [0.2, 0.25) is 5.02 Å². The molecule has 38 heavy (non-hydrogen) atoms. The Morgan fingerprint density at radius 1 is 1.08 bits per heavy atom. The summed E-state index contributed by atoms with van der Waals surface area (Å²) >= 11 is 5.99. The number of rotatable bonds is 6. The summed E-state index contributed by atoms with van der Waals surface area (Å²) in [5.74, 6) is -0.266. The van der Waals surface area contributed by atoms with E-state index in [2.05, 4.69) is 26.3 Å². The second-order valence-electron chi connectivity index (χ2n) is 10.0. The number of nitrogens with zero attached hydrogens (tertiary/aromatic N) is 5. The normalized spacial score (nSPS) is 17.4. The van der Waals surface area contributed by atoms with Gasteiger partial charge in [-0.25, -0.2) is 4.68 Å². The van der Waals surface area contributed by atoms with Crippen LogP contribution in [0.5, 0.6) is 0 Å². The molecule has 2 aliphatic rings. The number of halogens is 1. The van der Waals surface area contributed by atoms with Crippen molar-refractivity contribution in [3.63, 3.8) is 0 Å². The van der Waals surface area contributed by atoms with Crippen LogP contribution in [0.15, 0.2) is 48.7 Å². The van der Waals surface area contributed by atoms with E-state index in [1.54, 1.807) is 36.2 Å². The fourth-order valence-corrected chi connectivity index (χ4v) is 5.73. The monoisotopic (exact) mass is 532 g/mol. The molecule has 1 N–H and O–H groups in total. The Bertz CT molecular complexity index is 1320. The van der Waals surface area contributed by atoms with Gasteiger partial charge in [0.15, 0.2) is 0 Å². The topological polar surface area (TPSA) is 86.4 Å². The summed E-state index contributed by atoms with van der Waals surface area (Å²) in [4.78, 5) is 18.0. The van der Waals surface area contributed by atoms with Gasteiger partial charge < -0.3 is 19.9 Å². The first-order valence-corrected chi connectivity index (χ1v) is 13.5. The number of hydrogen-bond acceptors (Lipinski definition) is 6. The van der Waals surface area contributed by atoms with Gasteiger partial charge in [0, 0.05) is 50.0 Å². The zero-order chi connectivity index (χ0) is 26.6. The van der Waals surface area contributed by atoms with Crippen molar-refractivity contribution < 1.29 is 9.53 Å². The Balaban J connectivity index is 1.22. The fraction of sp³-hybridized carbons (Fsp3) is 0.414. The van der Waals surface area contributed by atoms with Gasteiger partial charge in [0.1, 0.15) is 6.07 Å². The molecule has 3 aromatic rings. The molecular weight excluding hydrogens is 500 g/mol. The smallest absolute Gasteiger partial charge is 0.259 e. The Hall–Kier alpha value is -3.38. The van der Waals surface area contributed by atoms with E-state index in [0.717, 1.165) is 68.9 Å². The van der Waals surface area contributed by atoms with Gasteiger partial charge in [-0.05, 0) is 75.1 Å². The van der Waals surface area contributed by atoms with Crippen molar-refractivity contribution >= 4 is 28.9 Å². The first-order chi connectivity index (χ1) is 18.5. The number of benzene rings is 2. The van der Waals surface area contributed by atoms with Crippen LogP contribution < -0.4 is 10.2 Å². The fourth-order valence-electron chi connectivity index (χ4n) is 5.60. The first-order valence-electron chi connectivity index (χ1n) is 13.1. The maximum atomic E-state index is 13.1. The van der Waals surface area contributed by atoms with Crippen molar-refractivity contribution in [2.75, 3.05) is 43.5 Å². The SMILES string of the molecule is COC1CCN(C2CCN(c3ccc(NC(=O)c4cnn(-c5ccc(Cl)cc5)c4C)cc3C#N)CC2)CC1. The average molecular weight is 533 g/mol. The van der Waals surface area contributed by atoms with Gasteiger partial charge in [0.05, 0.1) is 40.5 Å². The first kappa shape index (κ1) is 26.2. The van der Waals surface area contributed by atoms with E-state index in [1.807, 2.05) is 31.2 Å². The molecule has 9 heteroatoms. The number of likely N-dealkylation sites (tertiary alicyclic amines) is 1. The molecule has 0 spiro atoms. The molecule has 2 aliphatic heterocycles. The van der Waals surface area contributed by atoms with Gasteiger partial charge in [0.25, 0.3) is 5.91 Å². The van der Waals surface area contributed by atoms with E-state index < -0.39 is 0 Å². The Labute approximate surface area is 228 Å². The number of anilines is 2. The molecule has 2 fully saturated rings. The van der Waals surface area contributed by atoms with Gasteiger partial charge in [-0.1, -0.05) is 11.6 Å². The molecule has 1 aromatic heterocycles. The highest BCUT2D eigenvalue weighted by molar-refractivity contribution is 6.30. The number of amides is 1. The van der Waals surface area contributed by atoms with Crippen LogP contribution in [-0.2, 0) is 4.74 Å². The van der Waals surface area contributed by atoms with Gasteiger partial charge >= 0.3 is 0 Å². The Kier molecular flexibility index (Phi) is 7.98. The third-order valence-electron chi connectivity index (χ3n) is 7.83. The van der Waals surface area contributed by atoms with Crippen molar-refractivity contribution in [1.82, 2.24) is 14.7 Å². The molecule has 2 aromatic carbocycles. The minimum atomic E-state index is -0.266. The van der Waals surface area contributed by atoms with Gasteiger partial charge in [0.2, 0.25) is 0 Å². The summed E-state index contributed by atoms with van der Waals surface area (Å²) < 4.78 is 7.22. The summed E-state index contributed by atoms with van der Waals surface area (Å²) in [7, 11) is 1.81. The van der Waals surface area contributed by atoms with Gasteiger partial charge in [-0.3, -0.25) is 4.79 Å². The highest BCUT2D eigenvalue weighted by Gasteiger charge is 2.29. The molecule has 0 radical (unpaired) electrons. The number of methoxy groups -OCH3 is 1. The molecule has 0 unspecified atom stereocenters. The number of aromatic nitrogens is 2. The van der Waals surface area contributed by atoms with Crippen LogP contribution in [0, 0.1) is 18.3 Å². The number of carbonyl (C=O) groups excluding carboxylic acids is 1. The zero-order valence-electron chi connectivity index (χ0n) is 21.9. The lowest BCUT2D eigenvalue weighted by Crippen LogP contribution is -2.48. The largest absolute Gasteiger partial charge is 0.381 e. The van der Waals surface area contributed by atoms with Gasteiger partial charge in [-0.15, -0.1) is 0 Å². The minimum Gasteiger partial charge on any atom is -0.381 e. The highest BCUT2D eigenvalue weighted by atomic mass is 35.5. The van der Waals surface area contributed by atoms with E-state index in [4.69, 9.17) is 16.3 Å². The van der Waals surface area contributed by atoms with Crippen molar-refractivity contribution in [3.05, 3.63) is 70.5 Å². The maximum Gasteiger partial charge on any atom is 0.259 e. The van der Waals surface area contributed by atoms with Crippen LogP contribution in [0.25, 0.3) is 5.69 Å². The lowest BCUT2D eigenvalue weighted by atomic mass is 9.98. The highest BCUT2D eigenvalue weighted by Crippen LogP contribution is 2.29. The molecule has 0 saturated carbocycles. The van der Waals surface area contributed by atoms with Gasteiger partial charge in [-0.2, -0.15) is 10.4 Å². The third kappa shape index (κ3) is 5.56. The van der Waals surface area contributed by atoms with E-state index in [1.165, 1.54) is 0 Å². The zero-order valence-corrected chi connectivity index (χ0v) is 22.6. The second kappa shape index (κ2) is 11.6. The molecular formula is C29H33ClN6O2. The Morgan fingerprint density at radius 2 is 1.79 bits per heavy atom. The minimum absolute atomic E-state index is 0.266. The summed E-state index contributed by atoms with van der Waals surface area (Å²) in [5.41, 5.74) is 4.09. The quantitative estimate of drug-likeness (QED) is 0.479. The number of ether oxygens (including phenoxy) is 1. The van der Waals surface area contributed by atoms with E-state index in [0.29, 0.717) is 34.0 Å². The summed E-state index contributed by atoms with van der Waals surface area (Å²) in [5, 5.41) is 17.8. The molecule has 8 nitrogen and oxygen atoms in total. The maximum absolute atomic E-state index is 13.1. The number of piperidine rings is 2. The summed E-state index contributed by atoms with van der Waals surface area (Å²) in [6.45, 7) is 5.87. The van der Waals surface area contributed by atoms with Crippen LogP contribution in [0.1, 0.15) is 47.3 Å². The van der Waals surface area contributed by atoms with Crippen molar-refractivity contribution in [2.24, 2.45) is 0 Å². The number of hydrogen-bond donors (Lipinski definition) is 1. The molecule has 1 amide bonds. The summed E-state index contributed by atoms with van der Waals surface area (Å²) in [6.07, 6.45) is 6.32. The molecule has 0 aliphatic carbocycles. The average Bonchev–Trinajstić information content (AvgIpc) is 3.34. The Morgan fingerprint density at radius 3 is 2.45 bits per heavy atom. The van der Waals surface area contributed by atoms with E-state index in [9.17, 15) is 10.1 Å². The van der Waals surface area contributed by atoms with E-state index in [-0.39, 0.29) is 5.91 Å². The number of nitriles is 1. The standard InChI is InChI=1S/C29H33ClN6O2/c1-20-27(19-32-36(20)25-6-3-22(30)4-7-25)29(37)33-23-5-8-28(21(17-23)18-31)35-13-9-24(10-14-35)34-15-11-26(38-2)12-16-34/h3-8,17,19,24,26H,9-16H2,1-2H3,(H,33,37). The van der Waals surface area contributed by atoms with Crippen LogP contribution in [0.3, 0.4) is 0 Å². The lowest BCUT2D eigenvalue weighted by Gasteiger charge is -2.42. The number of nitrogens with one attached hydrogen (secondary N) is 1. The van der Waals surface area contributed by atoms with E-state index >= 15 is 0 Å². The van der Waals surface area contributed by atoms with Crippen molar-refractivity contribution in [3.8, 4) is 11.8 Å².